The molecule has 196 valence electrons. The number of hydrogen-bond donors (Lipinski definition) is 2. The predicted octanol–water partition coefficient (Wildman–Crippen LogP) is 7.36. The molecular formula is C30H46O5. The molecule has 0 bridgehead atoms. The minimum Gasteiger partial charge on any atom is -0.478 e. The van der Waals surface area contributed by atoms with Gasteiger partial charge in [0, 0.05) is 0 Å². The topological polar surface area (TPSA) is 83.8 Å². The van der Waals surface area contributed by atoms with Crippen molar-refractivity contribution in [3.8, 4) is 0 Å². The zero-order chi connectivity index (χ0) is 27.0. The molecule has 0 aliphatic carbocycles. The Hall–Kier alpha value is -2.66. The summed E-state index contributed by atoms with van der Waals surface area (Å²) in [5, 5.41) is 17.0. The summed E-state index contributed by atoms with van der Waals surface area (Å²) in [7, 11) is 0. The summed E-state index contributed by atoms with van der Waals surface area (Å²) < 4.78 is 4.76. The molecule has 0 aliphatic heterocycles. The SMILES string of the molecule is CCC(C)(C)C(=O)OCCO.CCC(C)c1ccc(C(=O)O)cc1.CCC(C)c1cccc(C)c1. The van der Waals surface area contributed by atoms with Crippen LogP contribution in [-0.4, -0.2) is 35.4 Å². The molecule has 0 spiro atoms. The number of esters is 1. The number of ether oxygens (including phenoxy) is 1. The Morgan fingerprint density at radius 2 is 1.46 bits per heavy atom. The van der Waals surface area contributed by atoms with E-state index in [1.165, 1.54) is 23.1 Å². The number of benzene rings is 2. The van der Waals surface area contributed by atoms with Crippen LogP contribution in [0.15, 0.2) is 48.5 Å². The van der Waals surface area contributed by atoms with Crippen LogP contribution in [0.3, 0.4) is 0 Å². The number of carbonyl (C=O) groups is 2. The standard InChI is InChI=1S/C11H14O2.C11H16.C8H16O3/c1-3-8(2)9-4-6-10(7-5-9)11(12)13;1-4-10(3)11-7-5-6-9(2)8-11;1-4-8(2,3)7(10)11-6-5-9/h4-8H,3H2,1-2H3,(H,12,13);5-8,10H,4H2,1-3H3;9H,4-6H2,1-3H3. The number of carbonyl (C=O) groups excluding carboxylic acids is 1. The van der Waals surface area contributed by atoms with E-state index in [2.05, 4.69) is 58.9 Å². The van der Waals surface area contributed by atoms with Crippen molar-refractivity contribution in [1.82, 2.24) is 0 Å². The van der Waals surface area contributed by atoms with Crippen LogP contribution in [0.2, 0.25) is 0 Å². The number of rotatable bonds is 9. The smallest absolute Gasteiger partial charge is 0.335 e. The first kappa shape index (κ1) is 32.3. The third-order valence-corrected chi connectivity index (χ3v) is 6.32. The molecule has 5 nitrogen and oxygen atoms in total. The second-order valence-electron chi connectivity index (χ2n) is 9.56. The third-order valence-electron chi connectivity index (χ3n) is 6.32. The van der Waals surface area contributed by atoms with E-state index in [1.807, 2.05) is 32.9 Å². The molecule has 2 N–H and O–H groups in total. The maximum atomic E-state index is 11.1. The van der Waals surface area contributed by atoms with Gasteiger partial charge in [0.1, 0.15) is 6.61 Å². The molecular weight excluding hydrogens is 440 g/mol. The molecule has 0 aromatic heterocycles. The van der Waals surface area contributed by atoms with Crippen LogP contribution >= 0.6 is 0 Å². The van der Waals surface area contributed by atoms with Gasteiger partial charge in [-0.2, -0.15) is 0 Å². The van der Waals surface area contributed by atoms with E-state index in [1.54, 1.807) is 12.1 Å². The molecule has 0 amide bonds. The number of aryl methyl sites for hydroxylation is 1. The van der Waals surface area contributed by atoms with Gasteiger partial charge < -0.3 is 14.9 Å². The lowest BCUT2D eigenvalue weighted by Crippen LogP contribution is -2.26. The van der Waals surface area contributed by atoms with Crippen LogP contribution in [0.5, 0.6) is 0 Å². The van der Waals surface area contributed by atoms with Crippen molar-refractivity contribution in [1.29, 1.82) is 0 Å². The van der Waals surface area contributed by atoms with Crippen LogP contribution in [0.1, 0.15) is 107 Å². The number of carboxylic acids is 1. The molecule has 2 rings (SSSR count). The van der Waals surface area contributed by atoms with Crippen LogP contribution < -0.4 is 0 Å². The Labute approximate surface area is 212 Å². The molecule has 35 heavy (non-hydrogen) atoms. The van der Waals surface area contributed by atoms with Gasteiger partial charge in [-0.25, -0.2) is 4.79 Å². The molecule has 2 atom stereocenters. The van der Waals surface area contributed by atoms with Gasteiger partial charge in [0.25, 0.3) is 0 Å². The normalized spacial score (nSPS) is 12.3. The molecule has 0 saturated carbocycles. The highest BCUT2D eigenvalue weighted by Gasteiger charge is 2.26. The number of hydrogen-bond acceptors (Lipinski definition) is 4. The van der Waals surface area contributed by atoms with Crippen molar-refractivity contribution in [2.24, 2.45) is 5.41 Å². The summed E-state index contributed by atoms with van der Waals surface area (Å²) in [6, 6.07) is 15.8. The fourth-order valence-electron chi connectivity index (χ4n) is 2.88. The van der Waals surface area contributed by atoms with Gasteiger partial charge in [-0.05, 0) is 75.1 Å². The first-order chi connectivity index (χ1) is 16.4. The van der Waals surface area contributed by atoms with E-state index >= 15 is 0 Å². The lowest BCUT2D eigenvalue weighted by Gasteiger charge is -2.19. The zero-order valence-electron chi connectivity index (χ0n) is 22.9. The fourth-order valence-corrected chi connectivity index (χ4v) is 2.88. The van der Waals surface area contributed by atoms with Gasteiger partial charge in [0.05, 0.1) is 17.6 Å². The van der Waals surface area contributed by atoms with Crippen molar-refractivity contribution < 1.29 is 24.5 Å². The van der Waals surface area contributed by atoms with E-state index < -0.39 is 11.4 Å². The molecule has 2 aromatic rings. The maximum absolute atomic E-state index is 11.1. The Balaban J connectivity index is 0.000000498. The Morgan fingerprint density at radius 1 is 0.914 bits per heavy atom. The monoisotopic (exact) mass is 486 g/mol. The highest BCUT2D eigenvalue weighted by Crippen LogP contribution is 2.21. The summed E-state index contributed by atoms with van der Waals surface area (Å²) in [4.78, 5) is 21.7. The van der Waals surface area contributed by atoms with Gasteiger partial charge in [-0.1, -0.05) is 76.6 Å². The molecule has 0 fully saturated rings. The quantitative estimate of drug-likeness (QED) is 0.362. The minimum absolute atomic E-state index is 0.0995. The average molecular weight is 487 g/mol. The second kappa shape index (κ2) is 16.9. The average Bonchev–Trinajstić information content (AvgIpc) is 2.86. The summed E-state index contributed by atoms with van der Waals surface area (Å²) in [5.74, 6) is 0.0995. The van der Waals surface area contributed by atoms with E-state index in [0.717, 1.165) is 12.8 Å². The molecule has 0 aliphatic rings. The zero-order valence-corrected chi connectivity index (χ0v) is 22.9. The minimum atomic E-state index is -0.865. The molecule has 5 heteroatoms. The molecule has 0 radical (unpaired) electrons. The molecule has 2 aromatic carbocycles. The van der Waals surface area contributed by atoms with Crippen LogP contribution in [0, 0.1) is 12.3 Å². The number of aromatic carboxylic acids is 1. The summed E-state index contributed by atoms with van der Waals surface area (Å²) >= 11 is 0. The van der Waals surface area contributed by atoms with E-state index in [-0.39, 0.29) is 19.2 Å². The van der Waals surface area contributed by atoms with Gasteiger partial charge in [-0.15, -0.1) is 0 Å². The fraction of sp³-hybridized carbons (Fsp3) is 0.533. The predicted molar refractivity (Wildman–Crippen MR) is 144 cm³/mol. The van der Waals surface area contributed by atoms with Crippen molar-refractivity contribution in [3.63, 3.8) is 0 Å². The van der Waals surface area contributed by atoms with E-state index in [9.17, 15) is 9.59 Å². The summed E-state index contributed by atoms with van der Waals surface area (Å²) in [6.45, 7) is 16.5. The Bertz CT molecular complexity index is 871. The highest BCUT2D eigenvalue weighted by atomic mass is 16.5. The number of aliphatic hydroxyl groups is 1. The van der Waals surface area contributed by atoms with E-state index in [0.29, 0.717) is 17.4 Å². The first-order valence-electron chi connectivity index (χ1n) is 12.6. The van der Waals surface area contributed by atoms with E-state index in [4.69, 9.17) is 14.9 Å². The summed E-state index contributed by atoms with van der Waals surface area (Å²) in [6.07, 6.45) is 3.05. The Kier molecular flexibility index (Phi) is 15.6. The first-order valence-corrected chi connectivity index (χ1v) is 12.6. The van der Waals surface area contributed by atoms with Gasteiger partial charge in [0.2, 0.25) is 0 Å². The highest BCUT2D eigenvalue weighted by molar-refractivity contribution is 5.87. The molecule has 2 unspecified atom stereocenters. The lowest BCUT2D eigenvalue weighted by atomic mass is 9.91. The maximum Gasteiger partial charge on any atom is 0.335 e. The van der Waals surface area contributed by atoms with Gasteiger partial charge in [0.15, 0.2) is 0 Å². The van der Waals surface area contributed by atoms with Crippen LogP contribution in [0.25, 0.3) is 0 Å². The van der Waals surface area contributed by atoms with Crippen molar-refractivity contribution in [2.45, 2.75) is 86.5 Å². The summed E-state index contributed by atoms with van der Waals surface area (Å²) in [5.41, 5.74) is 3.96. The number of aliphatic hydroxyl groups excluding tert-OH is 1. The van der Waals surface area contributed by atoms with Gasteiger partial charge >= 0.3 is 11.9 Å². The van der Waals surface area contributed by atoms with Crippen molar-refractivity contribution in [2.75, 3.05) is 13.2 Å². The molecule has 0 heterocycles. The number of carboxylic acid groups (broad SMARTS) is 1. The largest absolute Gasteiger partial charge is 0.478 e. The Morgan fingerprint density at radius 3 is 1.89 bits per heavy atom. The second-order valence-corrected chi connectivity index (χ2v) is 9.56. The van der Waals surface area contributed by atoms with Crippen LogP contribution in [-0.2, 0) is 9.53 Å². The lowest BCUT2D eigenvalue weighted by molar-refractivity contribution is -0.155. The van der Waals surface area contributed by atoms with Crippen LogP contribution in [0.4, 0.5) is 0 Å². The van der Waals surface area contributed by atoms with Crippen molar-refractivity contribution >= 4 is 11.9 Å². The van der Waals surface area contributed by atoms with Crippen molar-refractivity contribution in [3.05, 3.63) is 70.8 Å². The van der Waals surface area contributed by atoms with Gasteiger partial charge in [-0.3, -0.25) is 4.79 Å². The third kappa shape index (κ3) is 12.6. The molecule has 0 saturated heterocycles.